The van der Waals surface area contributed by atoms with Crippen LogP contribution in [0.3, 0.4) is 0 Å². The van der Waals surface area contributed by atoms with Gasteiger partial charge >= 0.3 is 0 Å². The van der Waals surface area contributed by atoms with E-state index in [1.165, 1.54) is 5.56 Å². The molecule has 0 bridgehead atoms. The van der Waals surface area contributed by atoms with Crippen molar-refractivity contribution in [3.63, 3.8) is 0 Å². The van der Waals surface area contributed by atoms with Crippen LogP contribution in [0.15, 0.2) is 18.5 Å². The summed E-state index contributed by atoms with van der Waals surface area (Å²) in [6.45, 7) is 4.36. The minimum absolute atomic E-state index is 0.491. The molecule has 0 aliphatic heterocycles. The van der Waals surface area contributed by atoms with Crippen LogP contribution in [0.2, 0.25) is 0 Å². The van der Waals surface area contributed by atoms with Crippen molar-refractivity contribution in [2.24, 2.45) is 0 Å². The second-order valence-electron chi connectivity index (χ2n) is 4.24. The van der Waals surface area contributed by atoms with Gasteiger partial charge in [-0.2, -0.15) is 0 Å². The second kappa shape index (κ2) is 5.93. The minimum atomic E-state index is 0.491. The molecule has 3 nitrogen and oxygen atoms in total. The highest BCUT2D eigenvalue weighted by Crippen LogP contribution is 2.15. The molecule has 0 radical (unpaired) electrons. The third kappa shape index (κ3) is 3.68. The summed E-state index contributed by atoms with van der Waals surface area (Å²) in [6, 6.07) is 2.70. The number of likely N-dealkylation sites (N-methyl/N-ethyl adjacent to an activating group) is 1. The number of aromatic nitrogens is 1. The van der Waals surface area contributed by atoms with Crippen LogP contribution in [-0.4, -0.2) is 37.2 Å². The summed E-state index contributed by atoms with van der Waals surface area (Å²) < 4.78 is 2.26. The van der Waals surface area contributed by atoms with Crippen molar-refractivity contribution in [2.75, 3.05) is 27.7 Å². The lowest BCUT2D eigenvalue weighted by molar-refractivity contribution is 0.384. The molecule has 0 aliphatic carbocycles. The number of nitrogens with zero attached hydrogens (tertiary/aromatic N) is 2. The van der Waals surface area contributed by atoms with E-state index in [1.54, 1.807) is 0 Å². The van der Waals surface area contributed by atoms with Crippen molar-refractivity contribution in [1.29, 1.82) is 0 Å². The Morgan fingerprint density at radius 2 is 2.20 bits per heavy atom. The topological polar surface area (TPSA) is 20.2 Å². The maximum atomic E-state index is 3.32. The van der Waals surface area contributed by atoms with Gasteiger partial charge in [0.25, 0.3) is 0 Å². The first kappa shape index (κ1) is 12.3. The lowest BCUT2D eigenvalue weighted by Crippen LogP contribution is -2.18. The Kier molecular flexibility index (Phi) is 4.85. The van der Waals surface area contributed by atoms with Crippen molar-refractivity contribution >= 4 is 0 Å². The van der Waals surface area contributed by atoms with Gasteiger partial charge in [-0.1, -0.05) is 6.92 Å². The lowest BCUT2D eigenvalue weighted by Gasteiger charge is -2.12. The first-order valence-electron chi connectivity index (χ1n) is 5.65. The van der Waals surface area contributed by atoms with Crippen molar-refractivity contribution in [2.45, 2.75) is 25.9 Å². The van der Waals surface area contributed by atoms with E-state index in [0.29, 0.717) is 6.04 Å². The maximum absolute atomic E-state index is 3.32. The molecular formula is C12H23N3. The molecule has 1 aromatic rings. The van der Waals surface area contributed by atoms with Gasteiger partial charge in [-0.05, 0) is 39.2 Å². The number of hydrogen-bond acceptors (Lipinski definition) is 2. The molecule has 3 heteroatoms. The van der Waals surface area contributed by atoms with E-state index in [4.69, 9.17) is 0 Å². The van der Waals surface area contributed by atoms with Crippen LogP contribution >= 0.6 is 0 Å². The van der Waals surface area contributed by atoms with E-state index >= 15 is 0 Å². The number of hydrogen-bond donors (Lipinski definition) is 1. The third-order valence-electron chi connectivity index (χ3n) is 2.74. The molecule has 0 saturated carbocycles. The molecule has 1 aromatic heterocycles. The Hall–Kier alpha value is -0.800. The zero-order valence-corrected chi connectivity index (χ0v) is 10.3. The van der Waals surface area contributed by atoms with Crippen LogP contribution in [0.5, 0.6) is 0 Å². The van der Waals surface area contributed by atoms with E-state index in [1.807, 2.05) is 7.05 Å². The summed E-state index contributed by atoms with van der Waals surface area (Å²) >= 11 is 0. The third-order valence-corrected chi connectivity index (χ3v) is 2.74. The van der Waals surface area contributed by atoms with Crippen molar-refractivity contribution in [1.82, 2.24) is 14.8 Å². The summed E-state index contributed by atoms with van der Waals surface area (Å²) in [6.07, 6.45) is 5.54. The Morgan fingerprint density at radius 3 is 2.73 bits per heavy atom. The molecule has 0 spiro atoms. The van der Waals surface area contributed by atoms with Crippen LogP contribution in [0, 0.1) is 0 Å². The Balaban J connectivity index is 2.55. The van der Waals surface area contributed by atoms with E-state index in [0.717, 1.165) is 19.5 Å². The van der Waals surface area contributed by atoms with E-state index in [-0.39, 0.29) is 0 Å². The average molecular weight is 209 g/mol. The van der Waals surface area contributed by atoms with Gasteiger partial charge in [-0.25, -0.2) is 0 Å². The zero-order chi connectivity index (χ0) is 11.3. The van der Waals surface area contributed by atoms with Crippen LogP contribution in [0.1, 0.15) is 24.9 Å². The Bertz CT molecular complexity index is 274. The molecule has 1 unspecified atom stereocenters. The van der Waals surface area contributed by atoms with Gasteiger partial charge < -0.3 is 14.8 Å². The predicted molar refractivity (Wildman–Crippen MR) is 65.1 cm³/mol. The zero-order valence-electron chi connectivity index (χ0n) is 10.3. The molecule has 0 fully saturated rings. The quantitative estimate of drug-likeness (QED) is 0.770. The van der Waals surface area contributed by atoms with E-state index in [9.17, 15) is 0 Å². The molecule has 0 aliphatic rings. The van der Waals surface area contributed by atoms with Gasteiger partial charge in [0.15, 0.2) is 0 Å². The fourth-order valence-electron chi connectivity index (χ4n) is 1.73. The molecule has 0 amide bonds. The largest absolute Gasteiger partial charge is 0.353 e. The van der Waals surface area contributed by atoms with Crippen LogP contribution < -0.4 is 5.32 Å². The fraction of sp³-hybridized carbons (Fsp3) is 0.667. The standard InChI is InChI=1S/C12H23N3/c1-5-12(13-2)11-6-7-15(10-11)9-8-14(3)4/h6-7,10,12-13H,5,8-9H2,1-4H3. The molecule has 1 atom stereocenters. The molecule has 1 heterocycles. The Morgan fingerprint density at radius 1 is 1.47 bits per heavy atom. The predicted octanol–water partition coefficient (Wildman–Crippen LogP) is 1.72. The normalized spacial score (nSPS) is 13.4. The van der Waals surface area contributed by atoms with Crippen LogP contribution in [-0.2, 0) is 6.54 Å². The summed E-state index contributed by atoms with van der Waals surface area (Å²) in [5.74, 6) is 0. The molecule has 1 rings (SSSR count). The SMILES string of the molecule is CCC(NC)c1ccn(CCN(C)C)c1. The highest BCUT2D eigenvalue weighted by atomic mass is 15.1. The maximum Gasteiger partial charge on any atom is 0.0347 e. The molecule has 86 valence electrons. The average Bonchev–Trinajstić information content (AvgIpc) is 2.65. The van der Waals surface area contributed by atoms with Crippen molar-refractivity contribution < 1.29 is 0 Å². The first-order chi connectivity index (χ1) is 7.17. The summed E-state index contributed by atoms with van der Waals surface area (Å²) in [7, 11) is 6.23. The lowest BCUT2D eigenvalue weighted by atomic mass is 10.1. The van der Waals surface area contributed by atoms with E-state index in [2.05, 4.69) is 54.3 Å². The highest BCUT2D eigenvalue weighted by molar-refractivity contribution is 5.15. The van der Waals surface area contributed by atoms with Gasteiger partial charge in [-0.3, -0.25) is 0 Å². The second-order valence-corrected chi connectivity index (χ2v) is 4.24. The van der Waals surface area contributed by atoms with Gasteiger partial charge in [0.05, 0.1) is 0 Å². The van der Waals surface area contributed by atoms with Gasteiger partial charge in [0.1, 0.15) is 0 Å². The summed E-state index contributed by atoms with van der Waals surface area (Å²) in [5, 5.41) is 3.32. The summed E-state index contributed by atoms with van der Waals surface area (Å²) in [5.41, 5.74) is 1.39. The molecule has 0 saturated heterocycles. The van der Waals surface area contributed by atoms with Gasteiger partial charge in [0, 0.05) is 31.5 Å². The van der Waals surface area contributed by atoms with Crippen LogP contribution in [0.4, 0.5) is 0 Å². The smallest absolute Gasteiger partial charge is 0.0347 e. The fourth-order valence-corrected chi connectivity index (χ4v) is 1.73. The van der Waals surface area contributed by atoms with Gasteiger partial charge in [0.2, 0.25) is 0 Å². The van der Waals surface area contributed by atoms with E-state index < -0.39 is 0 Å². The summed E-state index contributed by atoms with van der Waals surface area (Å²) in [4.78, 5) is 2.20. The highest BCUT2D eigenvalue weighted by Gasteiger charge is 2.07. The van der Waals surface area contributed by atoms with Crippen LogP contribution in [0.25, 0.3) is 0 Å². The molecule has 15 heavy (non-hydrogen) atoms. The number of nitrogens with one attached hydrogen (secondary N) is 1. The van der Waals surface area contributed by atoms with Crippen molar-refractivity contribution in [3.8, 4) is 0 Å². The Labute approximate surface area is 93.1 Å². The molecule has 1 N–H and O–H groups in total. The minimum Gasteiger partial charge on any atom is -0.353 e. The first-order valence-corrected chi connectivity index (χ1v) is 5.65. The monoisotopic (exact) mass is 209 g/mol. The van der Waals surface area contributed by atoms with Crippen molar-refractivity contribution in [3.05, 3.63) is 24.0 Å². The molecule has 0 aromatic carbocycles. The molecular weight excluding hydrogens is 186 g/mol. The number of rotatable bonds is 6. The van der Waals surface area contributed by atoms with Gasteiger partial charge in [-0.15, -0.1) is 0 Å².